The topological polar surface area (TPSA) is 48.0 Å². The number of nitrogens with zero attached hydrogens (tertiary/aromatic N) is 1. The zero-order chi connectivity index (χ0) is 21.0. The van der Waals surface area contributed by atoms with E-state index in [1.54, 1.807) is 38.5 Å². The first-order valence-electron chi connectivity index (χ1n) is 8.35. The quantitative estimate of drug-likeness (QED) is 0.230. The number of anilines is 1. The van der Waals surface area contributed by atoms with E-state index in [2.05, 4.69) is 28.5 Å². The van der Waals surface area contributed by atoms with Crippen molar-refractivity contribution >= 4 is 68.6 Å². The first kappa shape index (κ1) is 21.5. The van der Waals surface area contributed by atoms with Crippen molar-refractivity contribution in [2.45, 2.75) is 0 Å². The van der Waals surface area contributed by atoms with E-state index in [0.29, 0.717) is 32.2 Å². The number of methoxy groups -OCH3 is 2. The summed E-state index contributed by atoms with van der Waals surface area (Å²) in [5.74, 6) is 3.93. The van der Waals surface area contributed by atoms with Crippen molar-refractivity contribution in [3.63, 3.8) is 0 Å². The van der Waals surface area contributed by atoms with E-state index in [9.17, 15) is 4.79 Å². The summed E-state index contributed by atoms with van der Waals surface area (Å²) in [5.41, 5.74) is 1.41. The van der Waals surface area contributed by atoms with Gasteiger partial charge in [0, 0.05) is 0 Å². The van der Waals surface area contributed by atoms with Crippen LogP contribution in [0.5, 0.6) is 17.2 Å². The van der Waals surface area contributed by atoms with Crippen LogP contribution in [0.2, 0.25) is 0 Å². The molecule has 2 aromatic rings. The Kier molecular flexibility index (Phi) is 7.05. The molecule has 0 radical (unpaired) electrons. The Balaban J connectivity index is 1.96. The van der Waals surface area contributed by atoms with E-state index < -0.39 is 0 Å². The molecule has 0 aromatic heterocycles. The maximum absolute atomic E-state index is 13.1. The second-order valence-corrected chi connectivity index (χ2v) is 8.55. The Bertz CT molecular complexity index is 1050. The second-order valence-electron chi connectivity index (χ2n) is 5.72. The smallest absolute Gasteiger partial charge is 0.270 e. The SMILES string of the molecule is C#CCOc1c(I)cc(C=C2SC(=S)N(c3ccccc3OC)C2=O)cc1OC. The van der Waals surface area contributed by atoms with Crippen LogP contribution in [0.15, 0.2) is 41.3 Å². The maximum Gasteiger partial charge on any atom is 0.270 e. The molecule has 0 bridgehead atoms. The van der Waals surface area contributed by atoms with Crippen LogP contribution in [0.4, 0.5) is 5.69 Å². The van der Waals surface area contributed by atoms with Crippen molar-refractivity contribution in [3.8, 4) is 29.6 Å². The van der Waals surface area contributed by atoms with Gasteiger partial charge in [-0.1, -0.05) is 42.0 Å². The molecule has 29 heavy (non-hydrogen) atoms. The largest absolute Gasteiger partial charge is 0.495 e. The Labute approximate surface area is 192 Å². The molecule has 0 N–H and O–H groups in total. The summed E-state index contributed by atoms with van der Waals surface area (Å²) in [6, 6.07) is 11.0. The fourth-order valence-electron chi connectivity index (χ4n) is 2.72. The molecule has 1 heterocycles. The summed E-state index contributed by atoms with van der Waals surface area (Å²) in [4.78, 5) is 15.0. The van der Waals surface area contributed by atoms with Crippen molar-refractivity contribution in [1.82, 2.24) is 0 Å². The number of halogens is 1. The van der Waals surface area contributed by atoms with E-state index >= 15 is 0 Å². The third-order valence-corrected chi connectivity index (χ3v) is 6.07. The van der Waals surface area contributed by atoms with Gasteiger partial charge in [-0.05, 0) is 58.5 Å². The highest BCUT2D eigenvalue weighted by atomic mass is 127. The lowest BCUT2D eigenvalue weighted by molar-refractivity contribution is -0.113. The van der Waals surface area contributed by atoms with Gasteiger partial charge in [-0.2, -0.15) is 0 Å². The highest BCUT2D eigenvalue weighted by Gasteiger charge is 2.34. The van der Waals surface area contributed by atoms with Crippen LogP contribution < -0.4 is 19.1 Å². The number of benzene rings is 2. The molecule has 3 rings (SSSR count). The Morgan fingerprint density at radius 1 is 1.24 bits per heavy atom. The lowest BCUT2D eigenvalue weighted by Crippen LogP contribution is -2.27. The summed E-state index contributed by atoms with van der Waals surface area (Å²) in [7, 11) is 3.11. The van der Waals surface area contributed by atoms with Gasteiger partial charge in [-0.15, -0.1) is 6.42 Å². The number of amides is 1. The molecular weight excluding hydrogens is 521 g/mol. The number of rotatable bonds is 6. The second kappa shape index (κ2) is 9.52. The minimum Gasteiger partial charge on any atom is -0.495 e. The van der Waals surface area contributed by atoms with Crippen molar-refractivity contribution in [2.24, 2.45) is 0 Å². The molecule has 1 amide bonds. The minimum atomic E-state index is -0.203. The van der Waals surface area contributed by atoms with Gasteiger partial charge >= 0.3 is 0 Å². The van der Waals surface area contributed by atoms with E-state index in [4.69, 9.17) is 32.9 Å². The number of thiocarbonyl (C=S) groups is 1. The van der Waals surface area contributed by atoms with Crippen LogP contribution in [0.3, 0.4) is 0 Å². The maximum atomic E-state index is 13.1. The van der Waals surface area contributed by atoms with Crippen LogP contribution in [-0.4, -0.2) is 31.1 Å². The summed E-state index contributed by atoms with van der Waals surface area (Å²) in [6.45, 7) is 0.142. The van der Waals surface area contributed by atoms with E-state index in [1.807, 2.05) is 18.2 Å². The minimum absolute atomic E-state index is 0.142. The predicted octanol–water partition coefficient (Wildman–Crippen LogP) is 4.73. The summed E-state index contributed by atoms with van der Waals surface area (Å²) < 4.78 is 17.6. The number of thioether (sulfide) groups is 1. The van der Waals surface area contributed by atoms with Crippen LogP contribution in [0, 0.1) is 15.9 Å². The number of hydrogen-bond donors (Lipinski definition) is 0. The predicted molar refractivity (Wildman–Crippen MR) is 129 cm³/mol. The van der Waals surface area contributed by atoms with E-state index in [1.165, 1.54) is 16.7 Å². The lowest BCUT2D eigenvalue weighted by atomic mass is 10.1. The Hall–Kier alpha value is -2.22. The molecule has 1 aliphatic rings. The molecule has 1 aliphatic heterocycles. The number of terminal acetylenes is 1. The number of carbonyl (C=O) groups excluding carboxylic acids is 1. The molecule has 0 saturated carbocycles. The standard InChI is InChI=1S/C21H16INO4S2/c1-4-9-27-19-14(22)10-13(11-17(19)26-3)12-18-20(24)23(21(28)29-18)15-7-5-6-8-16(15)25-2/h1,5-8,10-12H,9H2,2-3H3. The number of hydrogen-bond acceptors (Lipinski definition) is 6. The van der Waals surface area contributed by atoms with Gasteiger partial charge in [-0.25, -0.2) is 0 Å². The number of carbonyl (C=O) groups is 1. The van der Waals surface area contributed by atoms with Crippen LogP contribution in [0.25, 0.3) is 6.08 Å². The fourth-order valence-corrected chi connectivity index (χ4v) is 4.78. The van der Waals surface area contributed by atoms with Gasteiger partial charge < -0.3 is 14.2 Å². The molecule has 5 nitrogen and oxygen atoms in total. The first-order valence-corrected chi connectivity index (χ1v) is 10.6. The number of ether oxygens (including phenoxy) is 3. The van der Waals surface area contributed by atoms with Gasteiger partial charge in [0.2, 0.25) is 0 Å². The Morgan fingerprint density at radius 3 is 2.66 bits per heavy atom. The molecule has 8 heteroatoms. The van der Waals surface area contributed by atoms with Gasteiger partial charge in [0.25, 0.3) is 5.91 Å². The highest BCUT2D eigenvalue weighted by Crippen LogP contribution is 2.41. The fraction of sp³-hybridized carbons (Fsp3) is 0.143. The van der Waals surface area contributed by atoms with Gasteiger partial charge in [0.05, 0.1) is 28.4 Å². The molecule has 0 aliphatic carbocycles. The van der Waals surface area contributed by atoms with Gasteiger partial charge in [0.15, 0.2) is 15.8 Å². The van der Waals surface area contributed by atoms with E-state index in [0.717, 1.165) is 9.13 Å². The van der Waals surface area contributed by atoms with Crippen molar-refractivity contribution < 1.29 is 19.0 Å². The molecule has 2 aromatic carbocycles. The van der Waals surface area contributed by atoms with Crippen molar-refractivity contribution in [2.75, 3.05) is 25.7 Å². The van der Waals surface area contributed by atoms with Gasteiger partial charge in [-0.3, -0.25) is 9.69 Å². The molecule has 1 saturated heterocycles. The summed E-state index contributed by atoms with van der Waals surface area (Å²) in [6.07, 6.45) is 7.05. The zero-order valence-electron chi connectivity index (χ0n) is 15.6. The zero-order valence-corrected chi connectivity index (χ0v) is 19.4. The highest BCUT2D eigenvalue weighted by molar-refractivity contribution is 14.1. The molecule has 148 valence electrons. The molecular formula is C21H16INO4S2. The summed E-state index contributed by atoms with van der Waals surface area (Å²) in [5, 5.41) is 0. The van der Waals surface area contributed by atoms with Crippen LogP contribution in [-0.2, 0) is 4.79 Å². The van der Waals surface area contributed by atoms with Crippen molar-refractivity contribution in [1.29, 1.82) is 0 Å². The van der Waals surface area contributed by atoms with Crippen LogP contribution >= 0.6 is 46.6 Å². The Morgan fingerprint density at radius 2 is 1.97 bits per heavy atom. The third-order valence-electron chi connectivity index (χ3n) is 3.97. The molecule has 0 atom stereocenters. The molecule has 1 fully saturated rings. The average Bonchev–Trinajstić information content (AvgIpc) is 2.99. The number of para-hydroxylation sites is 2. The summed E-state index contributed by atoms with van der Waals surface area (Å²) >= 11 is 8.84. The molecule has 0 spiro atoms. The normalized spacial score (nSPS) is 14.8. The lowest BCUT2D eigenvalue weighted by Gasteiger charge is -2.17. The van der Waals surface area contributed by atoms with Gasteiger partial charge in [0.1, 0.15) is 12.4 Å². The third kappa shape index (κ3) is 4.52. The van der Waals surface area contributed by atoms with E-state index in [-0.39, 0.29) is 12.5 Å². The first-order chi connectivity index (χ1) is 14.0. The van der Waals surface area contributed by atoms with Crippen molar-refractivity contribution in [3.05, 3.63) is 50.4 Å². The average molecular weight is 537 g/mol. The van der Waals surface area contributed by atoms with Crippen LogP contribution in [0.1, 0.15) is 5.56 Å². The monoisotopic (exact) mass is 537 g/mol. The molecule has 0 unspecified atom stereocenters.